The van der Waals surface area contributed by atoms with E-state index in [1.165, 1.54) is 11.3 Å². The van der Waals surface area contributed by atoms with E-state index in [-0.39, 0.29) is 5.70 Å². The molecule has 0 amide bonds. The van der Waals surface area contributed by atoms with Crippen LogP contribution >= 0.6 is 33.9 Å². The maximum absolute atomic E-state index is 12.1. The van der Waals surface area contributed by atoms with Crippen LogP contribution in [0.4, 0.5) is 0 Å². The predicted molar refractivity (Wildman–Crippen MR) is 111 cm³/mol. The molecule has 0 saturated heterocycles. The summed E-state index contributed by atoms with van der Waals surface area (Å²) in [6.45, 7) is 5.13. The number of hydrogen-bond acceptors (Lipinski definition) is 6. The van der Waals surface area contributed by atoms with Crippen molar-refractivity contribution in [2.24, 2.45) is 4.99 Å². The van der Waals surface area contributed by atoms with Crippen LogP contribution in [0.5, 0.6) is 11.5 Å². The molecule has 2 heterocycles. The number of hydrogen-bond donors (Lipinski definition) is 0. The number of thiophene rings is 1. The average Bonchev–Trinajstić information content (AvgIpc) is 3.25. The van der Waals surface area contributed by atoms with Gasteiger partial charge >= 0.3 is 5.97 Å². The first-order valence-corrected chi connectivity index (χ1v) is 10.2. The molecule has 1 aliphatic heterocycles. The topological polar surface area (TPSA) is 57.1 Å². The van der Waals surface area contributed by atoms with E-state index < -0.39 is 5.97 Å². The number of nitrogens with zero attached hydrogens (tertiary/aromatic N) is 1. The lowest BCUT2D eigenvalue weighted by Gasteiger charge is -2.14. The van der Waals surface area contributed by atoms with E-state index in [0.717, 1.165) is 26.2 Å². The first kappa shape index (κ1) is 18.9. The van der Waals surface area contributed by atoms with Crippen molar-refractivity contribution in [1.29, 1.82) is 0 Å². The minimum Gasteiger partial charge on any atom is -0.490 e. The second-order valence-electron chi connectivity index (χ2n) is 5.42. The molecule has 0 N–H and O–H groups in total. The molecule has 136 valence electrons. The van der Waals surface area contributed by atoms with Crippen molar-refractivity contribution in [3.8, 4) is 11.5 Å². The van der Waals surface area contributed by atoms with Crippen molar-refractivity contribution >= 4 is 51.9 Å². The third kappa shape index (κ3) is 4.27. The number of aliphatic imine (C=N–C) groups is 1. The van der Waals surface area contributed by atoms with Crippen molar-refractivity contribution in [3.63, 3.8) is 0 Å². The molecule has 5 nitrogen and oxygen atoms in total. The van der Waals surface area contributed by atoms with Gasteiger partial charge in [0.15, 0.2) is 17.2 Å². The lowest BCUT2D eigenvalue weighted by Crippen LogP contribution is -2.04. The molecule has 2 aromatic rings. The largest absolute Gasteiger partial charge is 0.490 e. The van der Waals surface area contributed by atoms with E-state index in [9.17, 15) is 4.79 Å². The maximum Gasteiger partial charge on any atom is 0.363 e. The number of benzene rings is 1. The second-order valence-corrected chi connectivity index (χ2v) is 7.53. The molecular formula is C19H18INO4S. The molecule has 1 aliphatic rings. The molecule has 0 aliphatic carbocycles. The smallest absolute Gasteiger partial charge is 0.363 e. The average molecular weight is 483 g/mol. The van der Waals surface area contributed by atoms with Crippen LogP contribution in [0.2, 0.25) is 0 Å². The minimum atomic E-state index is -0.451. The number of rotatable bonds is 7. The fraction of sp³-hybridized carbons (Fsp3) is 0.263. The van der Waals surface area contributed by atoms with E-state index >= 15 is 0 Å². The monoisotopic (exact) mass is 483 g/mol. The Bertz CT molecular complexity index is 859. The predicted octanol–water partition coefficient (Wildman–Crippen LogP) is 4.88. The highest BCUT2D eigenvalue weighted by atomic mass is 127. The molecule has 0 saturated carbocycles. The van der Waals surface area contributed by atoms with Crippen LogP contribution in [-0.2, 0) is 9.53 Å². The Morgan fingerprint density at radius 2 is 2.15 bits per heavy atom. The summed E-state index contributed by atoms with van der Waals surface area (Å²) in [5.41, 5.74) is 1.08. The van der Waals surface area contributed by atoms with Gasteiger partial charge in [-0.15, -0.1) is 11.3 Å². The van der Waals surface area contributed by atoms with Crippen LogP contribution in [0.25, 0.3) is 6.08 Å². The highest BCUT2D eigenvalue weighted by Crippen LogP contribution is 2.35. The van der Waals surface area contributed by atoms with Crippen molar-refractivity contribution in [2.75, 3.05) is 13.2 Å². The zero-order valence-electron chi connectivity index (χ0n) is 14.5. The summed E-state index contributed by atoms with van der Waals surface area (Å²) in [6.07, 6.45) is 2.62. The molecule has 0 atom stereocenters. The molecule has 1 aromatic carbocycles. The number of carbonyl (C=O) groups is 1. The fourth-order valence-corrected chi connectivity index (χ4v) is 3.78. The van der Waals surface area contributed by atoms with Gasteiger partial charge in [-0.25, -0.2) is 9.79 Å². The summed E-state index contributed by atoms with van der Waals surface area (Å²) < 4.78 is 17.7. The van der Waals surface area contributed by atoms with Gasteiger partial charge in [0.25, 0.3) is 0 Å². The van der Waals surface area contributed by atoms with E-state index in [1.807, 2.05) is 36.6 Å². The van der Waals surface area contributed by atoms with Gasteiger partial charge in [-0.3, -0.25) is 0 Å². The Balaban J connectivity index is 1.93. The quantitative estimate of drug-likeness (QED) is 0.320. The summed E-state index contributed by atoms with van der Waals surface area (Å²) >= 11 is 3.69. The Kier molecular flexibility index (Phi) is 6.31. The van der Waals surface area contributed by atoms with E-state index in [4.69, 9.17) is 14.2 Å². The highest BCUT2D eigenvalue weighted by Gasteiger charge is 2.25. The van der Waals surface area contributed by atoms with Crippen molar-refractivity contribution < 1.29 is 19.0 Å². The zero-order chi connectivity index (χ0) is 18.5. The van der Waals surface area contributed by atoms with Gasteiger partial charge in [0, 0.05) is 0 Å². The molecule has 26 heavy (non-hydrogen) atoms. The zero-order valence-corrected chi connectivity index (χ0v) is 17.4. The molecule has 1 aromatic heterocycles. The first-order chi connectivity index (χ1) is 12.6. The van der Waals surface area contributed by atoms with Gasteiger partial charge in [0.2, 0.25) is 5.90 Å². The highest BCUT2D eigenvalue weighted by molar-refractivity contribution is 14.1. The summed E-state index contributed by atoms with van der Waals surface area (Å²) in [5.74, 6) is 1.29. The Hall–Kier alpha value is -1.87. The molecule has 7 heteroatoms. The summed E-state index contributed by atoms with van der Waals surface area (Å²) in [7, 11) is 0. The van der Waals surface area contributed by atoms with Crippen LogP contribution in [0, 0.1) is 3.57 Å². The second kappa shape index (κ2) is 8.68. The Labute approximate surface area is 169 Å². The number of halogens is 1. The van der Waals surface area contributed by atoms with E-state index in [0.29, 0.717) is 24.9 Å². The summed E-state index contributed by atoms with van der Waals surface area (Å²) in [4.78, 5) is 17.3. The van der Waals surface area contributed by atoms with Crippen LogP contribution in [-0.4, -0.2) is 25.1 Å². The van der Waals surface area contributed by atoms with Crippen LogP contribution in [0.3, 0.4) is 0 Å². The molecule has 0 radical (unpaired) electrons. The SMILES string of the molecule is CCCOc1c(I)cc(/C=C2\N=C(c3cccs3)OC2=O)cc1OCC. The molecular weight excluding hydrogens is 465 g/mol. The Morgan fingerprint density at radius 1 is 1.31 bits per heavy atom. The summed E-state index contributed by atoms with van der Waals surface area (Å²) in [5, 5.41) is 1.92. The number of cyclic esters (lactones) is 1. The molecule has 0 unspecified atom stereocenters. The third-order valence-corrected chi connectivity index (χ3v) is 5.10. The standard InChI is InChI=1S/C19H18INO4S/c1-3-7-24-17-13(20)9-12(11-15(17)23-4-2)10-14-19(22)25-18(21-14)16-6-5-8-26-16/h5-6,8-11H,3-4,7H2,1-2H3/b14-10-. The van der Waals surface area contributed by atoms with Gasteiger partial charge in [0.1, 0.15) is 0 Å². The molecule has 0 fully saturated rings. The van der Waals surface area contributed by atoms with E-state index in [1.54, 1.807) is 6.08 Å². The van der Waals surface area contributed by atoms with Crippen molar-refractivity contribution in [3.05, 3.63) is 49.4 Å². The lowest BCUT2D eigenvalue weighted by atomic mass is 10.1. The van der Waals surface area contributed by atoms with Gasteiger partial charge in [-0.1, -0.05) is 13.0 Å². The summed E-state index contributed by atoms with van der Waals surface area (Å²) in [6, 6.07) is 7.56. The van der Waals surface area contributed by atoms with Crippen LogP contribution in [0.15, 0.2) is 40.3 Å². The molecule has 0 spiro atoms. The van der Waals surface area contributed by atoms with Gasteiger partial charge in [0.05, 0.1) is 21.7 Å². The first-order valence-electron chi connectivity index (χ1n) is 8.28. The minimum absolute atomic E-state index is 0.272. The Morgan fingerprint density at radius 3 is 2.85 bits per heavy atom. The van der Waals surface area contributed by atoms with Crippen LogP contribution < -0.4 is 9.47 Å². The number of ether oxygens (including phenoxy) is 3. The molecule has 0 bridgehead atoms. The van der Waals surface area contributed by atoms with Crippen LogP contribution in [0.1, 0.15) is 30.7 Å². The number of carbonyl (C=O) groups excluding carboxylic acids is 1. The van der Waals surface area contributed by atoms with Crippen molar-refractivity contribution in [1.82, 2.24) is 0 Å². The van der Waals surface area contributed by atoms with Gasteiger partial charge in [-0.2, -0.15) is 0 Å². The van der Waals surface area contributed by atoms with Crippen molar-refractivity contribution in [2.45, 2.75) is 20.3 Å². The number of esters is 1. The normalized spacial score (nSPS) is 15.1. The van der Waals surface area contributed by atoms with Gasteiger partial charge < -0.3 is 14.2 Å². The molecule has 3 rings (SSSR count). The maximum atomic E-state index is 12.1. The fourth-order valence-electron chi connectivity index (χ4n) is 2.35. The third-order valence-electron chi connectivity index (χ3n) is 3.44. The van der Waals surface area contributed by atoms with E-state index in [2.05, 4.69) is 34.5 Å². The van der Waals surface area contributed by atoms with Gasteiger partial charge in [-0.05, 0) is 71.2 Å². The lowest BCUT2D eigenvalue weighted by molar-refractivity contribution is -0.129.